The molecule has 0 aromatic heterocycles. The fraction of sp³-hybridized carbons (Fsp3) is 0.500. The summed E-state index contributed by atoms with van der Waals surface area (Å²) in [6.45, 7) is 0.942. The maximum Gasteiger partial charge on any atom is 0.246 e. The molecule has 0 aliphatic carbocycles. The van der Waals surface area contributed by atoms with Crippen LogP contribution in [-0.4, -0.2) is 40.0 Å². The Morgan fingerprint density at radius 1 is 1.18 bits per heavy atom. The van der Waals surface area contributed by atoms with E-state index >= 15 is 0 Å². The van der Waals surface area contributed by atoms with Crippen molar-refractivity contribution >= 4 is 10.0 Å². The van der Waals surface area contributed by atoms with Gasteiger partial charge in [0.15, 0.2) is 0 Å². The lowest BCUT2D eigenvalue weighted by Crippen LogP contribution is -2.28. The van der Waals surface area contributed by atoms with Crippen molar-refractivity contribution in [1.29, 1.82) is 0 Å². The second kappa shape index (κ2) is 7.65. The first kappa shape index (κ1) is 16.8. The minimum absolute atomic E-state index is 0.194. The molecule has 122 valence electrons. The van der Waals surface area contributed by atoms with Crippen LogP contribution < -0.4 is 9.47 Å². The summed E-state index contributed by atoms with van der Waals surface area (Å²) in [6.07, 6.45) is 7.75. The lowest BCUT2D eigenvalue weighted by Gasteiger charge is -2.19. The molecule has 0 N–H and O–H groups in total. The topological polar surface area (TPSA) is 55.8 Å². The summed E-state index contributed by atoms with van der Waals surface area (Å²) in [7, 11) is -0.396. The second-order valence-electron chi connectivity index (χ2n) is 5.24. The van der Waals surface area contributed by atoms with Gasteiger partial charge in [0, 0.05) is 19.7 Å². The van der Waals surface area contributed by atoms with E-state index in [9.17, 15) is 8.42 Å². The molecule has 22 heavy (non-hydrogen) atoms. The zero-order chi connectivity index (χ0) is 16.0. The van der Waals surface area contributed by atoms with E-state index in [1.165, 1.54) is 4.31 Å². The van der Waals surface area contributed by atoms with Gasteiger partial charge in [-0.25, -0.2) is 12.7 Å². The number of ether oxygens (including phenoxy) is 2. The van der Waals surface area contributed by atoms with Crippen molar-refractivity contribution in [3.63, 3.8) is 0 Å². The number of sulfonamides is 1. The molecule has 1 aliphatic rings. The van der Waals surface area contributed by atoms with E-state index in [0.29, 0.717) is 24.7 Å². The van der Waals surface area contributed by atoms with E-state index in [-0.39, 0.29) is 4.90 Å². The lowest BCUT2D eigenvalue weighted by molar-refractivity contribution is 0.312. The Hall–Kier alpha value is -1.53. The Balaban J connectivity index is 2.38. The van der Waals surface area contributed by atoms with Crippen LogP contribution in [0.5, 0.6) is 11.5 Å². The van der Waals surface area contributed by atoms with Gasteiger partial charge in [0.05, 0.1) is 13.7 Å². The Labute approximate surface area is 132 Å². The summed E-state index contributed by atoms with van der Waals surface area (Å²) in [5.74, 6) is 0.926. The van der Waals surface area contributed by atoms with Gasteiger partial charge in [-0.15, -0.1) is 0 Å². The van der Waals surface area contributed by atoms with E-state index in [0.717, 1.165) is 25.7 Å². The molecule has 1 aliphatic heterocycles. The van der Waals surface area contributed by atoms with Crippen LogP contribution >= 0.6 is 0 Å². The zero-order valence-electron chi connectivity index (χ0n) is 13.1. The Morgan fingerprint density at radius 3 is 2.73 bits per heavy atom. The van der Waals surface area contributed by atoms with Gasteiger partial charge in [-0.1, -0.05) is 12.2 Å². The van der Waals surface area contributed by atoms with Crippen LogP contribution in [0.1, 0.15) is 25.7 Å². The fourth-order valence-corrected chi connectivity index (χ4v) is 3.62. The molecule has 2 rings (SSSR count). The summed E-state index contributed by atoms with van der Waals surface area (Å²) in [5.41, 5.74) is 0. The van der Waals surface area contributed by atoms with Gasteiger partial charge >= 0.3 is 0 Å². The minimum Gasteiger partial charge on any atom is -0.497 e. The maximum absolute atomic E-state index is 12.7. The Bertz CT molecular complexity index is 625. The highest BCUT2D eigenvalue weighted by Crippen LogP contribution is 2.31. The molecule has 0 spiro atoms. The van der Waals surface area contributed by atoms with E-state index in [4.69, 9.17) is 9.47 Å². The average molecular weight is 325 g/mol. The van der Waals surface area contributed by atoms with Crippen molar-refractivity contribution in [2.24, 2.45) is 0 Å². The molecule has 1 aromatic carbocycles. The highest BCUT2D eigenvalue weighted by molar-refractivity contribution is 7.89. The third-order valence-electron chi connectivity index (χ3n) is 3.64. The van der Waals surface area contributed by atoms with Crippen LogP contribution in [0.2, 0.25) is 0 Å². The molecule has 0 unspecified atom stereocenters. The Kier molecular flexibility index (Phi) is 5.85. The lowest BCUT2D eigenvalue weighted by atomic mass is 10.2. The van der Waals surface area contributed by atoms with Crippen LogP contribution in [0, 0.1) is 0 Å². The summed E-state index contributed by atoms with van der Waals surface area (Å²) >= 11 is 0. The summed E-state index contributed by atoms with van der Waals surface area (Å²) < 4.78 is 37.7. The molecule has 1 aromatic rings. The van der Waals surface area contributed by atoms with E-state index in [1.54, 1.807) is 32.4 Å². The zero-order valence-corrected chi connectivity index (χ0v) is 13.9. The maximum atomic E-state index is 12.7. The second-order valence-corrected chi connectivity index (χ2v) is 7.26. The fourth-order valence-electron chi connectivity index (χ4n) is 2.30. The first-order valence-corrected chi connectivity index (χ1v) is 8.92. The standard InChI is InChI=1S/C16H23NO4S/c1-17-11-7-5-3-4-6-8-12-21-15-13-14(20-2)9-10-16(15)22(17,18)19/h4,6,9-10,13H,3,5,7-8,11-12H2,1-2H3/b6-4-. The van der Waals surface area contributed by atoms with E-state index in [2.05, 4.69) is 12.2 Å². The first-order chi connectivity index (χ1) is 10.6. The largest absolute Gasteiger partial charge is 0.497 e. The normalized spacial score (nSPS) is 21.4. The van der Waals surface area contributed by atoms with Crippen molar-refractivity contribution < 1.29 is 17.9 Å². The predicted molar refractivity (Wildman–Crippen MR) is 85.9 cm³/mol. The van der Waals surface area contributed by atoms with Crippen LogP contribution in [0.25, 0.3) is 0 Å². The number of nitrogens with zero attached hydrogens (tertiary/aromatic N) is 1. The first-order valence-electron chi connectivity index (χ1n) is 7.48. The molecule has 0 saturated heterocycles. The average Bonchev–Trinajstić information content (AvgIpc) is 2.52. The number of fused-ring (bicyclic) bond motifs is 1. The number of hydrogen-bond donors (Lipinski definition) is 0. The van der Waals surface area contributed by atoms with Crippen LogP contribution in [0.4, 0.5) is 0 Å². The Morgan fingerprint density at radius 2 is 1.95 bits per heavy atom. The summed E-state index contributed by atoms with van der Waals surface area (Å²) in [4.78, 5) is 0.194. The molecular weight excluding hydrogens is 302 g/mol. The van der Waals surface area contributed by atoms with Crippen molar-refractivity contribution in [2.75, 3.05) is 27.3 Å². The highest BCUT2D eigenvalue weighted by atomic mass is 32.2. The highest BCUT2D eigenvalue weighted by Gasteiger charge is 2.25. The predicted octanol–water partition coefficient (Wildman–Crippen LogP) is 2.82. The molecular formula is C16H23NO4S. The van der Waals surface area contributed by atoms with Gasteiger partial charge in [0.2, 0.25) is 10.0 Å². The minimum atomic E-state index is -3.55. The summed E-state index contributed by atoms with van der Waals surface area (Å²) in [5, 5.41) is 0. The van der Waals surface area contributed by atoms with Crippen LogP contribution in [0.15, 0.2) is 35.2 Å². The number of rotatable bonds is 1. The molecule has 1 heterocycles. The molecule has 0 fully saturated rings. The van der Waals surface area contributed by atoms with Gasteiger partial charge < -0.3 is 9.47 Å². The van der Waals surface area contributed by atoms with Gasteiger partial charge in [-0.3, -0.25) is 0 Å². The molecule has 0 radical (unpaired) electrons. The molecule has 0 amide bonds. The molecule has 5 nitrogen and oxygen atoms in total. The van der Waals surface area contributed by atoms with E-state index in [1.807, 2.05) is 0 Å². The third kappa shape index (κ3) is 4.01. The van der Waals surface area contributed by atoms with Crippen LogP contribution in [-0.2, 0) is 10.0 Å². The SMILES string of the molecule is COc1ccc2c(c1)OCC/C=C\CCCCN(C)S2(=O)=O. The molecule has 0 bridgehead atoms. The van der Waals surface area contributed by atoms with Crippen molar-refractivity contribution in [2.45, 2.75) is 30.6 Å². The molecule has 6 heteroatoms. The van der Waals surface area contributed by atoms with Gasteiger partial charge in [-0.2, -0.15) is 0 Å². The number of hydrogen-bond acceptors (Lipinski definition) is 4. The van der Waals surface area contributed by atoms with Crippen molar-refractivity contribution in [3.05, 3.63) is 30.4 Å². The van der Waals surface area contributed by atoms with Gasteiger partial charge in [0.25, 0.3) is 0 Å². The smallest absolute Gasteiger partial charge is 0.246 e. The number of allylic oxidation sites excluding steroid dienone is 1. The van der Waals surface area contributed by atoms with Crippen LogP contribution in [0.3, 0.4) is 0 Å². The van der Waals surface area contributed by atoms with Gasteiger partial charge in [0.1, 0.15) is 16.4 Å². The monoisotopic (exact) mass is 325 g/mol. The molecule has 0 atom stereocenters. The number of benzene rings is 1. The third-order valence-corrected chi connectivity index (χ3v) is 5.54. The van der Waals surface area contributed by atoms with E-state index < -0.39 is 10.0 Å². The van der Waals surface area contributed by atoms with Gasteiger partial charge in [-0.05, 0) is 37.8 Å². The van der Waals surface area contributed by atoms with Crippen molar-refractivity contribution in [3.8, 4) is 11.5 Å². The molecule has 0 saturated carbocycles. The quantitative estimate of drug-likeness (QED) is 0.745. The number of methoxy groups -OCH3 is 1. The van der Waals surface area contributed by atoms with Crippen molar-refractivity contribution in [1.82, 2.24) is 4.31 Å². The summed E-state index contributed by atoms with van der Waals surface area (Å²) in [6, 6.07) is 4.82.